The van der Waals surface area contributed by atoms with Gasteiger partial charge < -0.3 is 9.73 Å². The molecule has 0 aliphatic carbocycles. The summed E-state index contributed by atoms with van der Waals surface area (Å²) in [5.41, 5.74) is 0.699. The van der Waals surface area contributed by atoms with Crippen molar-refractivity contribution < 1.29 is 17.2 Å². The number of sulfonamides is 1. The maximum absolute atomic E-state index is 12.7. The number of hydrogen-bond donors (Lipinski definition) is 2. The molecule has 0 atom stereocenters. The molecule has 0 aliphatic heterocycles. The van der Waals surface area contributed by atoms with Crippen LogP contribution in [0.25, 0.3) is 0 Å². The topological polar surface area (TPSA) is 85.3 Å². The molecular weight excluding hydrogens is 259 g/mol. The first-order valence-electron chi connectivity index (χ1n) is 5.06. The molecule has 0 fully saturated rings. The summed E-state index contributed by atoms with van der Waals surface area (Å²) in [4.78, 5) is 0. The Morgan fingerprint density at radius 3 is 2.39 bits per heavy atom. The molecule has 0 unspecified atom stereocenters. The second-order valence-electron chi connectivity index (χ2n) is 3.63. The molecule has 0 bridgehead atoms. The van der Waals surface area contributed by atoms with Crippen molar-refractivity contribution in [1.82, 2.24) is 0 Å². The summed E-state index contributed by atoms with van der Waals surface area (Å²) in [7, 11) is -3.81. The molecule has 0 amide bonds. The van der Waals surface area contributed by atoms with Gasteiger partial charge in [0.25, 0.3) is 10.0 Å². The number of benzene rings is 1. The van der Waals surface area contributed by atoms with E-state index in [0.717, 1.165) is 0 Å². The Labute approximate surface area is 103 Å². The molecule has 0 aliphatic rings. The minimum atomic E-state index is -3.81. The molecule has 1 aromatic carbocycles. The first kappa shape index (κ1) is 12.6. The molecule has 5 nitrogen and oxygen atoms in total. The SMILES string of the molecule is NS(=O)(=O)c1ccc(CNc2ccc(F)cc2)o1. The van der Waals surface area contributed by atoms with Crippen LogP contribution in [0, 0.1) is 5.82 Å². The third-order valence-corrected chi connectivity index (χ3v) is 3.01. The van der Waals surface area contributed by atoms with Gasteiger partial charge in [-0.05, 0) is 36.4 Å². The van der Waals surface area contributed by atoms with Crippen molar-refractivity contribution in [3.05, 3.63) is 48.0 Å². The van der Waals surface area contributed by atoms with Crippen LogP contribution in [0.5, 0.6) is 0 Å². The quantitative estimate of drug-likeness (QED) is 0.885. The number of primary sulfonamides is 1. The van der Waals surface area contributed by atoms with Crippen LogP contribution in [0.4, 0.5) is 10.1 Å². The van der Waals surface area contributed by atoms with Crippen LogP contribution in [0.2, 0.25) is 0 Å². The molecule has 7 heteroatoms. The molecular formula is C11H11FN2O3S. The fourth-order valence-corrected chi connectivity index (χ4v) is 1.84. The second-order valence-corrected chi connectivity index (χ2v) is 5.12. The zero-order valence-corrected chi connectivity index (χ0v) is 10.1. The van der Waals surface area contributed by atoms with Crippen molar-refractivity contribution in [2.75, 3.05) is 5.32 Å². The third-order valence-electron chi connectivity index (χ3n) is 2.23. The smallest absolute Gasteiger partial charge is 0.271 e. The van der Waals surface area contributed by atoms with Crippen LogP contribution in [0.15, 0.2) is 45.9 Å². The third kappa shape index (κ3) is 3.08. The summed E-state index contributed by atoms with van der Waals surface area (Å²) >= 11 is 0. The van der Waals surface area contributed by atoms with Gasteiger partial charge in [-0.1, -0.05) is 0 Å². The Morgan fingerprint density at radius 2 is 1.83 bits per heavy atom. The van der Waals surface area contributed by atoms with Gasteiger partial charge in [0, 0.05) is 5.69 Å². The highest BCUT2D eigenvalue weighted by atomic mass is 32.2. The van der Waals surface area contributed by atoms with Crippen molar-refractivity contribution >= 4 is 15.7 Å². The largest absolute Gasteiger partial charge is 0.446 e. The predicted molar refractivity (Wildman–Crippen MR) is 63.8 cm³/mol. The lowest BCUT2D eigenvalue weighted by Crippen LogP contribution is -2.10. The van der Waals surface area contributed by atoms with Crippen LogP contribution in [-0.2, 0) is 16.6 Å². The Hall–Kier alpha value is -1.86. The number of hydrogen-bond acceptors (Lipinski definition) is 4. The average Bonchev–Trinajstić information content (AvgIpc) is 2.77. The molecule has 2 aromatic rings. The molecule has 18 heavy (non-hydrogen) atoms. The first-order chi connectivity index (χ1) is 8.45. The average molecular weight is 270 g/mol. The molecule has 0 saturated carbocycles. The number of nitrogens with one attached hydrogen (secondary N) is 1. The number of furan rings is 1. The van der Waals surface area contributed by atoms with Gasteiger partial charge in [0.05, 0.1) is 6.54 Å². The van der Waals surface area contributed by atoms with E-state index in [-0.39, 0.29) is 17.5 Å². The minimum absolute atomic E-state index is 0.279. The second kappa shape index (κ2) is 4.79. The highest BCUT2D eigenvalue weighted by Gasteiger charge is 2.12. The molecule has 0 spiro atoms. The Morgan fingerprint density at radius 1 is 1.17 bits per heavy atom. The lowest BCUT2D eigenvalue weighted by atomic mass is 10.3. The van der Waals surface area contributed by atoms with E-state index in [9.17, 15) is 12.8 Å². The van der Waals surface area contributed by atoms with E-state index in [1.807, 2.05) is 0 Å². The predicted octanol–water partition coefficient (Wildman–Crippen LogP) is 1.68. The lowest BCUT2D eigenvalue weighted by molar-refractivity contribution is 0.419. The maximum Gasteiger partial charge on any atom is 0.271 e. The van der Waals surface area contributed by atoms with Gasteiger partial charge in [-0.3, -0.25) is 0 Å². The fourth-order valence-electron chi connectivity index (χ4n) is 1.36. The first-order valence-corrected chi connectivity index (χ1v) is 6.61. The van der Waals surface area contributed by atoms with E-state index in [1.165, 1.54) is 24.3 Å². The van der Waals surface area contributed by atoms with Crippen LogP contribution < -0.4 is 10.5 Å². The number of halogens is 1. The van der Waals surface area contributed by atoms with Crippen LogP contribution in [0.3, 0.4) is 0 Å². The standard InChI is InChI=1S/C11H11FN2O3S/c12-8-1-3-9(4-2-8)14-7-10-5-6-11(17-10)18(13,15)16/h1-6,14H,7H2,(H2,13,15,16). The molecule has 0 saturated heterocycles. The number of rotatable bonds is 4. The summed E-state index contributed by atoms with van der Waals surface area (Å²) in [5, 5.41) is 7.59. The minimum Gasteiger partial charge on any atom is -0.446 e. The lowest BCUT2D eigenvalue weighted by Gasteiger charge is -2.03. The summed E-state index contributed by atoms with van der Waals surface area (Å²) in [6.45, 7) is 0.279. The van der Waals surface area contributed by atoms with Crippen LogP contribution in [-0.4, -0.2) is 8.42 Å². The summed E-state index contributed by atoms with van der Waals surface area (Å²) < 4.78 is 39.7. The van der Waals surface area contributed by atoms with Crippen LogP contribution >= 0.6 is 0 Å². The highest BCUT2D eigenvalue weighted by Crippen LogP contribution is 2.14. The van der Waals surface area contributed by atoms with Crippen molar-refractivity contribution in [3.8, 4) is 0 Å². The van der Waals surface area contributed by atoms with E-state index in [1.54, 1.807) is 12.1 Å². The summed E-state index contributed by atoms with van der Waals surface area (Å²) in [6, 6.07) is 8.57. The van der Waals surface area contributed by atoms with E-state index < -0.39 is 10.0 Å². The van der Waals surface area contributed by atoms with E-state index >= 15 is 0 Å². The van der Waals surface area contributed by atoms with Gasteiger partial charge >= 0.3 is 0 Å². The van der Waals surface area contributed by atoms with Gasteiger partial charge in [-0.2, -0.15) is 0 Å². The summed E-state index contributed by atoms with van der Waals surface area (Å²) in [5.74, 6) is 0.0957. The highest BCUT2D eigenvalue weighted by molar-refractivity contribution is 7.89. The Kier molecular flexibility index (Phi) is 3.35. The summed E-state index contributed by atoms with van der Waals surface area (Å²) in [6.07, 6.45) is 0. The van der Waals surface area contributed by atoms with Gasteiger partial charge in [0.1, 0.15) is 11.6 Å². The van der Waals surface area contributed by atoms with Crippen LogP contribution in [0.1, 0.15) is 5.76 Å². The number of anilines is 1. The molecule has 0 radical (unpaired) electrons. The molecule has 96 valence electrons. The fraction of sp³-hybridized carbons (Fsp3) is 0.0909. The molecule has 1 heterocycles. The van der Waals surface area contributed by atoms with E-state index in [4.69, 9.17) is 9.56 Å². The zero-order valence-electron chi connectivity index (χ0n) is 9.26. The zero-order chi connectivity index (χ0) is 13.2. The van der Waals surface area contributed by atoms with Crippen molar-refractivity contribution in [2.45, 2.75) is 11.6 Å². The van der Waals surface area contributed by atoms with Gasteiger partial charge in [0.15, 0.2) is 0 Å². The van der Waals surface area contributed by atoms with Crippen molar-refractivity contribution in [2.24, 2.45) is 5.14 Å². The molecule has 3 N–H and O–H groups in total. The Balaban J connectivity index is 2.03. The maximum atomic E-state index is 12.7. The van der Waals surface area contributed by atoms with E-state index in [2.05, 4.69) is 5.32 Å². The van der Waals surface area contributed by atoms with Gasteiger partial charge in [-0.15, -0.1) is 0 Å². The van der Waals surface area contributed by atoms with Crippen molar-refractivity contribution in [1.29, 1.82) is 0 Å². The number of nitrogens with two attached hydrogens (primary N) is 1. The van der Waals surface area contributed by atoms with Gasteiger partial charge in [-0.25, -0.2) is 17.9 Å². The van der Waals surface area contributed by atoms with Gasteiger partial charge in [0.2, 0.25) is 5.09 Å². The molecule has 2 rings (SSSR count). The van der Waals surface area contributed by atoms with E-state index in [0.29, 0.717) is 11.4 Å². The van der Waals surface area contributed by atoms with Crippen molar-refractivity contribution in [3.63, 3.8) is 0 Å². The monoisotopic (exact) mass is 270 g/mol. The normalized spacial score (nSPS) is 11.4. The molecule has 1 aromatic heterocycles. The Bertz CT molecular complexity index is 635.